The van der Waals surface area contributed by atoms with Crippen LogP contribution in [0.1, 0.15) is 31.8 Å². The molecule has 0 saturated carbocycles. The summed E-state index contributed by atoms with van der Waals surface area (Å²) in [6, 6.07) is 19.3. The number of esters is 2. The molecule has 0 saturated heterocycles. The summed E-state index contributed by atoms with van der Waals surface area (Å²) in [5.74, 6) is -4.52. The van der Waals surface area contributed by atoms with Crippen molar-refractivity contribution in [2.45, 2.75) is 26.1 Å². The molecule has 3 aromatic carbocycles. The van der Waals surface area contributed by atoms with Crippen LogP contribution < -0.4 is 5.32 Å². The van der Waals surface area contributed by atoms with Gasteiger partial charge >= 0.3 is 17.9 Å². The number of carbonyl (C=O) groups excluding carboxylic acids is 3. The molecular formula is C26H22INO7. The van der Waals surface area contributed by atoms with E-state index in [0.717, 1.165) is 11.1 Å². The SMILES string of the molecule is Cc1ccc(C(=O)O[C@H](C(=O)Nc2ccccc2I)[C@@H](OC(=O)c2ccc(C)cc2)C(=O)O)cc1. The molecule has 0 bridgehead atoms. The van der Waals surface area contributed by atoms with Gasteiger partial charge in [-0.25, -0.2) is 14.4 Å². The topological polar surface area (TPSA) is 119 Å². The van der Waals surface area contributed by atoms with Crippen LogP contribution in [0.15, 0.2) is 72.8 Å². The van der Waals surface area contributed by atoms with Gasteiger partial charge < -0.3 is 19.9 Å². The molecule has 0 aromatic heterocycles. The van der Waals surface area contributed by atoms with Crippen molar-refractivity contribution in [2.75, 3.05) is 5.32 Å². The molecule has 0 unspecified atom stereocenters. The fourth-order valence-corrected chi connectivity index (χ4v) is 3.53. The largest absolute Gasteiger partial charge is 0.478 e. The Bertz CT molecular complexity index is 1240. The number of aliphatic carboxylic acids is 1. The Hall–Kier alpha value is -3.73. The number of ether oxygens (including phenoxy) is 2. The third-order valence-electron chi connectivity index (χ3n) is 4.95. The number of carbonyl (C=O) groups is 4. The van der Waals surface area contributed by atoms with Crippen LogP contribution in [0.4, 0.5) is 5.69 Å². The van der Waals surface area contributed by atoms with E-state index >= 15 is 0 Å². The van der Waals surface area contributed by atoms with E-state index in [0.29, 0.717) is 9.26 Å². The van der Waals surface area contributed by atoms with Crippen molar-refractivity contribution in [3.8, 4) is 0 Å². The molecule has 0 fully saturated rings. The van der Waals surface area contributed by atoms with Crippen molar-refractivity contribution in [3.63, 3.8) is 0 Å². The summed E-state index contributed by atoms with van der Waals surface area (Å²) in [6.45, 7) is 3.66. The first kappa shape index (κ1) is 25.9. The summed E-state index contributed by atoms with van der Waals surface area (Å²) in [5.41, 5.74) is 2.35. The van der Waals surface area contributed by atoms with Crippen molar-refractivity contribution in [1.82, 2.24) is 0 Å². The average molecular weight is 587 g/mol. The lowest BCUT2D eigenvalue weighted by Crippen LogP contribution is -2.48. The number of carboxylic acid groups (broad SMARTS) is 1. The number of hydrogen-bond acceptors (Lipinski definition) is 6. The van der Waals surface area contributed by atoms with Gasteiger partial charge in [-0.1, -0.05) is 47.5 Å². The lowest BCUT2D eigenvalue weighted by molar-refractivity contribution is -0.157. The minimum atomic E-state index is -2.10. The summed E-state index contributed by atoms with van der Waals surface area (Å²) in [6.07, 6.45) is -4.06. The number of anilines is 1. The highest BCUT2D eigenvalue weighted by molar-refractivity contribution is 14.1. The van der Waals surface area contributed by atoms with Gasteiger partial charge in [-0.05, 0) is 72.8 Å². The molecule has 8 nitrogen and oxygen atoms in total. The Balaban J connectivity index is 1.91. The number of aryl methyl sites for hydroxylation is 2. The second-order valence-corrected chi connectivity index (χ2v) is 8.85. The molecule has 0 aliphatic carbocycles. The number of para-hydroxylation sites is 1. The van der Waals surface area contributed by atoms with Crippen molar-refractivity contribution in [2.24, 2.45) is 0 Å². The standard InChI is InChI=1S/C26H22INO7/c1-15-7-11-17(12-8-15)25(32)34-21(23(29)28-20-6-4-3-5-19(20)27)22(24(30)31)35-26(33)18-13-9-16(2)10-14-18/h3-14,21-22H,1-2H3,(H,28,29)(H,30,31)/t21-,22+/m0/s1. The molecule has 180 valence electrons. The minimum absolute atomic E-state index is 0.0866. The Morgan fingerprint density at radius 2 is 1.20 bits per heavy atom. The predicted octanol–water partition coefficient (Wildman–Crippen LogP) is 4.38. The first-order valence-corrected chi connectivity index (χ1v) is 11.6. The molecule has 0 aliphatic rings. The third kappa shape index (κ3) is 6.89. The molecule has 3 rings (SSSR count). The molecule has 35 heavy (non-hydrogen) atoms. The normalized spacial score (nSPS) is 12.2. The second kappa shape index (κ2) is 11.6. The van der Waals surface area contributed by atoms with E-state index in [1.165, 1.54) is 24.3 Å². The van der Waals surface area contributed by atoms with Crippen molar-refractivity contribution >= 4 is 52.1 Å². The van der Waals surface area contributed by atoms with Crippen LogP contribution in [0, 0.1) is 17.4 Å². The van der Waals surface area contributed by atoms with Crippen LogP contribution in [-0.4, -0.2) is 41.1 Å². The van der Waals surface area contributed by atoms with E-state index in [4.69, 9.17) is 9.47 Å². The van der Waals surface area contributed by atoms with Gasteiger partial charge in [0, 0.05) is 3.57 Å². The highest BCUT2D eigenvalue weighted by Crippen LogP contribution is 2.20. The number of nitrogens with one attached hydrogen (secondary N) is 1. The van der Waals surface area contributed by atoms with E-state index in [9.17, 15) is 24.3 Å². The van der Waals surface area contributed by atoms with E-state index in [2.05, 4.69) is 5.32 Å². The quantitative estimate of drug-likeness (QED) is 0.297. The molecule has 0 radical (unpaired) electrons. The number of halogens is 1. The van der Waals surface area contributed by atoms with Gasteiger partial charge in [0.15, 0.2) is 0 Å². The monoisotopic (exact) mass is 587 g/mol. The summed E-state index contributed by atoms with van der Waals surface area (Å²) < 4.78 is 11.2. The number of rotatable bonds is 8. The minimum Gasteiger partial charge on any atom is -0.478 e. The van der Waals surface area contributed by atoms with Gasteiger partial charge in [0.25, 0.3) is 5.91 Å². The Morgan fingerprint density at radius 3 is 1.66 bits per heavy atom. The van der Waals surface area contributed by atoms with Crippen LogP contribution in [-0.2, 0) is 19.1 Å². The van der Waals surface area contributed by atoms with Gasteiger partial charge in [0.05, 0.1) is 16.8 Å². The van der Waals surface area contributed by atoms with Crippen molar-refractivity contribution in [1.29, 1.82) is 0 Å². The Kier molecular flexibility index (Phi) is 8.58. The van der Waals surface area contributed by atoms with Gasteiger partial charge in [-0.2, -0.15) is 0 Å². The first-order chi connectivity index (χ1) is 16.7. The van der Waals surface area contributed by atoms with E-state index in [1.807, 2.05) is 36.4 Å². The summed E-state index contributed by atoms with van der Waals surface area (Å²) >= 11 is 1.99. The summed E-state index contributed by atoms with van der Waals surface area (Å²) in [4.78, 5) is 50.7. The number of benzene rings is 3. The van der Waals surface area contributed by atoms with Crippen LogP contribution in [0.3, 0.4) is 0 Å². The second-order valence-electron chi connectivity index (χ2n) is 7.69. The lowest BCUT2D eigenvalue weighted by atomic mass is 10.1. The molecule has 2 atom stereocenters. The van der Waals surface area contributed by atoms with Crippen LogP contribution in [0.5, 0.6) is 0 Å². The Morgan fingerprint density at radius 1 is 0.743 bits per heavy atom. The van der Waals surface area contributed by atoms with Gasteiger partial charge in [0.1, 0.15) is 0 Å². The number of carboxylic acids is 1. The maximum absolute atomic E-state index is 13.1. The van der Waals surface area contributed by atoms with Crippen molar-refractivity contribution in [3.05, 3.63) is 98.6 Å². The maximum atomic E-state index is 13.1. The average Bonchev–Trinajstić information content (AvgIpc) is 2.83. The number of amides is 1. The zero-order valence-corrected chi connectivity index (χ0v) is 21.0. The molecule has 2 N–H and O–H groups in total. The van der Waals surface area contributed by atoms with Crippen LogP contribution in [0.2, 0.25) is 0 Å². The molecule has 0 aliphatic heterocycles. The molecule has 1 amide bonds. The lowest BCUT2D eigenvalue weighted by Gasteiger charge is -2.24. The number of hydrogen-bond donors (Lipinski definition) is 2. The molecule has 3 aromatic rings. The highest BCUT2D eigenvalue weighted by atomic mass is 127. The zero-order chi connectivity index (χ0) is 25.5. The fourth-order valence-electron chi connectivity index (χ4n) is 3.01. The van der Waals surface area contributed by atoms with Gasteiger partial charge in [0.2, 0.25) is 12.2 Å². The molecular weight excluding hydrogens is 565 g/mol. The molecule has 0 heterocycles. The van der Waals surface area contributed by atoms with E-state index in [-0.39, 0.29) is 11.1 Å². The summed E-state index contributed by atoms with van der Waals surface area (Å²) in [5, 5.41) is 12.4. The fraction of sp³-hybridized carbons (Fsp3) is 0.154. The summed E-state index contributed by atoms with van der Waals surface area (Å²) in [7, 11) is 0. The van der Waals surface area contributed by atoms with Gasteiger partial charge in [-0.3, -0.25) is 4.79 Å². The smallest absolute Gasteiger partial charge is 0.349 e. The molecule has 0 spiro atoms. The molecule has 9 heteroatoms. The van der Waals surface area contributed by atoms with Crippen LogP contribution >= 0.6 is 22.6 Å². The maximum Gasteiger partial charge on any atom is 0.349 e. The third-order valence-corrected chi connectivity index (χ3v) is 5.89. The predicted molar refractivity (Wildman–Crippen MR) is 136 cm³/mol. The Labute approximate surface area is 215 Å². The zero-order valence-electron chi connectivity index (χ0n) is 18.9. The van der Waals surface area contributed by atoms with Crippen molar-refractivity contribution < 1.29 is 33.8 Å². The van der Waals surface area contributed by atoms with E-state index in [1.54, 1.807) is 48.5 Å². The van der Waals surface area contributed by atoms with Crippen LogP contribution in [0.25, 0.3) is 0 Å². The highest BCUT2D eigenvalue weighted by Gasteiger charge is 2.41. The first-order valence-electron chi connectivity index (χ1n) is 10.5. The van der Waals surface area contributed by atoms with Gasteiger partial charge in [-0.15, -0.1) is 0 Å². The van der Waals surface area contributed by atoms with E-state index < -0.39 is 36.0 Å².